The molecule has 2 aromatic heterocycles. The number of aromatic nitrogens is 3. The van der Waals surface area contributed by atoms with E-state index in [4.69, 9.17) is 9.26 Å². The lowest BCUT2D eigenvalue weighted by atomic mass is 10.2. The summed E-state index contributed by atoms with van der Waals surface area (Å²) in [6.45, 7) is 5.09. The van der Waals surface area contributed by atoms with E-state index in [9.17, 15) is 9.59 Å². The standard InChI is InChI=1S/C13H16N4O4/c1-7-5-10(16-21-7)14-11(18)6-17-9(3)12(8(2)15-17)13(19)20-4/h5H,6H2,1-4H3,(H,14,16,18). The fraction of sp³-hybridized carbons (Fsp3) is 0.385. The molecule has 0 aliphatic rings. The van der Waals surface area contributed by atoms with Crippen LogP contribution in [0.5, 0.6) is 0 Å². The number of nitrogens with one attached hydrogen (secondary N) is 1. The van der Waals surface area contributed by atoms with Crippen molar-refractivity contribution in [2.75, 3.05) is 12.4 Å². The average Bonchev–Trinajstić information content (AvgIpc) is 2.93. The van der Waals surface area contributed by atoms with E-state index in [2.05, 4.69) is 15.6 Å². The normalized spacial score (nSPS) is 10.5. The molecule has 1 N–H and O–H groups in total. The van der Waals surface area contributed by atoms with Crippen molar-refractivity contribution in [3.8, 4) is 0 Å². The summed E-state index contributed by atoms with van der Waals surface area (Å²) in [6, 6.07) is 1.61. The highest BCUT2D eigenvalue weighted by molar-refractivity contribution is 5.92. The fourth-order valence-electron chi connectivity index (χ4n) is 1.99. The van der Waals surface area contributed by atoms with Crippen molar-refractivity contribution in [3.05, 3.63) is 28.8 Å². The van der Waals surface area contributed by atoms with Gasteiger partial charge in [0.2, 0.25) is 5.91 Å². The van der Waals surface area contributed by atoms with Gasteiger partial charge in [0, 0.05) is 6.07 Å². The SMILES string of the molecule is COC(=O)c1c(C)nn(CC(=O)Nc2cc(C)on2)c1C. The minimum atomic E-state index is -0.469. The first-order valence-corrected chi connectivity index (χ1v) is 6.28. The molecule has 21 heavy (non-hydrogen) atoms. The molecule has 0 fully saturated rings. The summed E-state index contributed by atoms with van der Waals surface area (Å²) in [5.41, 5.74) is 1.47. The van der Waals surface area contributed by atoms with Gasteiger partial charge in [-0.2, -0.15) is 5.10 Å². The maximum absolute atomic E-state index is 11.9. The molecule has 0 aliphatic heterocycles. The molecule has 2 aromatic rings. The zero-order chi connectivity index (χ0) is 15.6. The molecule has 0 unspecified atom stereocenters. The van der Waals surface area contributed by atoms with Crippen LogP contribution >= 0.6 is 0 Å². The summed E-state index contributed by atoms with van der Waals surface area (Å²) in [6.07, 6.45) is 0. The Labute approximate surface area is 121 Å². The Morgan fingerprint density at radius 3 is 2.67 bits per heavy atom. The van der Waals surface area contributed by atoms with E-state index in [0.29, 0.717) is 28.5 Å². The van der Waals surface area contributed by atoms with Crippen LogP contribution in [0, 0.1) is 20.8 Å². The van der Waals surface area contributed by atoms with Crippen LogP contribution in [0.4, 0.5) is 5.82 Å². The molecule has 1 amide bonds. The van der Waals surface area contributed by atoms with E-state index in [1.165, 1.54) is 11.8 Å². The van der Waals surface area contributed by atoms with E-state index in [0.717, 1.165) is 0 Å². The number of ether oxygens (including phenoxy) is 1. The highest BCUT2D eigenvalue weighted by atomic mass is 16.5. The Kier molecular flexibility index (Phi) is 4.06. The second-order valence-corrected chi connectivity index (χ2v) is 4.57. The van der Waals surface area contributed by atoms with Crippen molar-refractivity contribution in [1.29, 1.82) is 0 Å². The third-order valence-corrected chi connectivity index (χ3v) is 2.96. The molecule has 8 heteroatoms. The van der Waals surface area contributed by atoms with Gasteiger partial charge in [-0.15, -0.1) is 0 Å². The monoisotopic (exact) mass is 292 g/mol. The van der Waals surface area contributed by atoms with Gasteiger partial charge in [0.1, 0.15) is 17.9 Å². The Hall–Kier alpha value is -2.64. The molecular weight excluding hydrogens is 276 g/mol. The largest absolute Gasteiger partial charge is 0.465 e. The number of amides is 1. The lowest BCUT2D eigenvalue weighted by Gasteiger charge is -2.04. The van der Waals surface area contributed by atoms with Crippen molar-refractivity contribution >= 4 is 17.7 Å². The summed E-state index contributed by atoms with van der Waals surface area (Å²) in [5.74, 6) is 0.158. The Balaban J connectivity index is 2.13. The van der Waals surface area contributed by atoms with E-state index in [1.807, 2.05) is 0 Å². The number of nitrogens with zero attached hydrogens (tertiary/aromatic N) is 3. The third-order valence-electron chi connectivity index (χ3n) is 2.96. The summed E-state index contributed by atoms with van der Waals surface area (Å²) < 4.78 is 11.0. The number of hydrogen-bond acceptors (Lipinski definition) is 6. The first-order chi connectivity index (χ1) is 9.92. The molecule has 8 nitrogen and oxygen atoms in total. The van der Waals surface area contributed by atoms with Gasteiger partial charge in [-0.05, 0) is 20.8 Å². The number of hydrogen-bond donors (Lipinski definition) is 1. The minimum absolute atomic E-state index is 0.0322. The van der Waals surface area contributed by atoms with Crippen LogP contribution in [-0.2, 0) is 16.1 Å². The zero-order valence-electron chi connectivity index (χ0n) is 12.3. The van der Waals surface area contributed by atoms with Gasteiger partial charge in [-0.1, -0.05) is 5.16 Å². The van der Waals surface area contributed by atoms with Crippen LogP contribution in [0.15, 0.2) is 10.6 Å². The Bertz CT molecular complexity index is 686. The smallest absolute Gasteiger partial charge is 0.341 e. The van der Waals surface area contributed by atoms with Crippen molar-refractivity contribution < 1.29 is 18.8 Å². The molecule has 0 bridgehead atoms. The van der Waals surface area contributed by atoms with Crippen LogP contribution in [0.1, 0.15) is 27.5 Å². The molecule has 0 saturated heterocycles. The van der Waals surface area contributed by atoms with Crippen LogP contribution in [0.25, 0.3) is 0 Å². The number of rotatable bonds is 4. The summed E-state index contributed by atoms with van der Waals surface area (Å²) in [7, 11) is 1.30. The van der Waals surface area contributed by atoms with Gasteiger partial charge in [0.05, 0.1) is 18.5 Å². The Morgan fingerprint density at radius 2 is 2.10 bits per heavy atom. The van der Waals surface area contributed by atoms with Crippen molar-refractivity contribution in [1.82, 2.24) is 14.9 Å². The second-order valence-electron chi connectivity index (χ2n) is 4.57. The van der Waals surface area contributed by atoms with Gasteiger partial charge in [0.25, 0.3) is 0 Å². The molecule has 0 atom stereocenters. The van der Waals surface area contributed by atoms with Crippen LogP contribution in [0.3, 0.4) is 0 Å². The lowest BCUT2D eigenvalue weighted by Crippen LogP contribution is -2.20. The quantitative estimate of drug-likeness (QED) is 0.851. The predicted molar refractivity (Wildman–Crippen MR) is 72.9 cm³/mol. The van der Waals surface area contributed by atoms with Crippen molar-refractivity contribution in [2.24, 2.45) is 0 Å². The Morgan fingerprint density at radius 1 is 1.38 bits per heavy atom. The summed E-state index contributed by atoms with van der Waals surface area (Å²) in [4.78, 5) is 23.6. The van der Waals surface area contributed by atoms with Gasteiger partial charge >= 0.3 is 5.97 Å². The summed E-state index contributed by atoms with van der Waals surface area (Å²) in [5, 5.41) is 10.4. The average molecular weight is 292 g/mol. The number of esters is 1. The highest BCUT2D eigenvalue weighted by Gasteiger charge is 2.20. The number of anilines is 1. The molecule has 0 aromatic carbocycles. The lowest BCUT2D eigenvalue weighted by molar-refractivity contribution is -0.117. The molecule has 0 aliphatic carbocycles. The minimum Gasteiger partial charge on any atom is -0.465 e. The van der Waals surface area contributed by atoms with Crippen LogP contribution in [-0.4, -0.2) is 33.9 Å². The molecule has 112 valence electrons. The zero-order valence-corrected chi connectivity index (χ0v) is 12.3. The molecule has 0 spiro atoms. The predicted octanol–water partition coefficient (Wildman–Crippen LogP) is 1.22. The number of methoxy groups -OCH3 is 1. The number of carbonyl (C=O) groups is 2. The molecule has 0 saturated carbocycles. The molecular formula is C13H16N4O4. The second kappa shape index (κ2) is 5.78. The van der Waals surface area contributed by atoms with E-state index in [-0.39, 0.29) is 12.5 Å². The first-order valence-electron chi connectivity index (χ1n) is 6.28. The molecule has 2 rings (SSSR count). The van der Waals surface area contributed by atoms with E-state index in [1.54, 1.807) is 26.8 Å². The van der Waals surface area contributed by atoms with Crippen LogP contribution in [0.2, 0.25) is 0 Å². The number of aryl methyl sites for hydroxylation is 2. The maximum Gasteiger partial charge on any atom is 0.341 e. The first kappa shape index (κ1) is 14.8. The fourth-order valence-corrected chi connectivity index (χ4v) is 1.99. The summed E-state index contributed by atoms with van der Waals surface area (Å²) >= 11 is 0. The molecule has 0 radical (unpaired) electrons. The third kappa shape index (κ3) is 3.10. The maximum atomic E-state index is 11.9. The van der Waals surface area contributed by atoms with Crippen molar-refractivity contribution in [2.45, 2.75) is 27.3 Å². The van der Waals surface area contributed by atoms with Crippen LogP contribution < -0.4 is 5.32 Å². The van der Waals surface area contributed by atoms with Crippen molar-refractivity contribution in [3.63, 3.8) is 0 Å². The number of carbonyl (C=O) groups excluding carboxylic acids is 2. The van der Waals surface area contributed by atoms with E-state index < -0.39 is 5.97 Å². The van der Waals surface area contributed by atoms with Gasteiger partial charge < -0.3 is 14.6 Å². The van der Waals surface area contributed by atoms with Gasteiger partial charge in [0.15, 0.2) is 5.82 Å². The van der Waals surface area contributed by atoms with Gasteiger partial charge in [-0.25, -0.2) is 4.79 Å². The molecule has 2 heterocycles. The van der Waals surface area contributed by atoms with E-state index >= 15 is 0 Å². The topological polar surface area (TPSA) is 99.2 Å². The van der Waals surface area contributed by atoms with Gasteiger partial charge in [-0.3, -0.25) is 9.48 Å². The highest BCUT2D eigenvalue weighted by Crippen LogP contribution is 2.14.